The van der Waals surface area contributed by atoms with E-state index in [1.165, 1.54) is 0 Å². The van der Waals surface area contributed by atoms with Crippen molar-refractivity contribution in [2.45, 2.75) is 59.4 Å². The summed E-state index contributed by atoms with van der Waals surface area (Å²) in [4.78, 5) is 28.8. The molecule has 1 atom stereocenters. The van der Waals surface area contributed by atoms with E-state index in [9.17, 15) is 9.59 Å². The average molecular weight is 434 g/mol. The zero-order valence-corrected chi connectivity index (χ0v) is 19.4. The summed E-state index contributed by atoms with van der Waals surface area (Å²) in [7, 11) is 0. The number of unbranched alkanes of at least 4 members (excludes halogenated alkanes) is 2. The SMILES string of the molecule is CCCCOc1ccc(C2c3c(oc4c(C)cc(C)cc4c3=O)C(=O)N2CCCC)cc1. The number of carbonyl (C=O) groups is 1. The molecular weight excluding hydrogens is 402 g/mol. The standard InChI is InChI=1S/C27H31NO4/c1-5-7-13-28-23(19-9-11-20(12-10-19)31-14-8-6-2)22-24(29)21-16-17(3)15-18(4)25(21)32-26(22)27(28)30/h9-12,15-16,23H,5-8,13-14H2,1-4H3. The number of carbonyl (C=O) groups excluding carboxylic acids is 1. The first-order valence-electron chi connectivity index (χ1n) is 11.6. The van der Waals surface area contributed by atoms with Gasteiger partial charge in [0.05, 0.1) is 23.6 Å². The second-order valence-electron chi connectivity index (χ2n) is 8.66. The zero-order valence-electron chi connectivity index (χ0n) is 19.4. The molecule has 5 heteroatoms. The van der Waals surface area contributed by atoms with Crippen LogP contribution in [-0.4, -0.2) is 24.0 Å². The Kier molecular flexibility index (Phi) is 6.35. The molecule has 5 nitrogen and oxygen atoms in total. The summed E-state index contributed by atoms with van der Waals surface area (Å²) in [6, 6.07) is 11.1. The van der Waals surface area contributed by atoms with E-state index in [1.807, 2.05) is 50.2 Å². The van der Waals surface area contributed by atoms with E-state index < -0.39 is 6.04 Å². The Morgan fingerprint density at radius 2 is 1.72 bits per heavy atom. The topological polar surface area (TPSA) is 59.8 Å². The molecular formula is C27H31NO4. The predicted molar refractivity (Wildman–Crippen MR) is 127 cm³/mol. The molecule has 32 heavy (non-hydrogen) atoms. The monoisotopic (exact) mass is 433 g/mol. The minimum atomic E-state index is -0.449. The summed E-state index contributed by atoms with van der Waals surface area (Å²) in [6.07, 6.45) is 3.90. The molecule has 0 saturated heterocycles. The first kappa shape index (κ1) is 22.1. The zero-order chi connectivity index (χ0) is 22.8. The number of benzene rings is 2. The summed E-state index contributed by atoms with van der Waals surface area (Å²) < 4.78 is 11.9. The molecule has 0 aliphatic carbocycles. The van der Waals surface area contributed by atoms with Crippen molar-refractivity contribution in [1.29, 1.82) is 0 Å². The van der Waals surface area contributed by atoms with Gasteiger partial charge in [-0.1, -0.05) is 44.9 Å². The minimum Gasteiger partial charge on any atom is -0.494 e. The molecule has 1 unspecified atom stereocenters. The number of hydrogen-bond donors (Lipinski definition) is 0. The van der Waals surface area contributed by atoms with E-state index in [0.717, 1.165) is 48.1 Å². The average Bonchev–Trinajstić information content (AvgIpc) is 3.06. The van der Waals surface area contributed by atoms with Gasteiger partial charge >= 0.3 is 0 Å². The van der Waals surface area contributed by atoms with E-state index >= 15 is 0 Å². The molecule has 0 spiro atoms. The molecule has 4 rings (SSSR count). The Morgan fingerprint density at radius 3 is 2.41 bits per heavy atom. The Hall–Kier alpha value is -3.08. The van der Waals surface area contributed by atoms with Crippen molar-refractivity contribution in [1.82, 2.24) is 4.90 Å². The quantitative estimate of drug-likeness (QED) is 0.413. The lowest BCUT2D eigenvalue weighted by atomic mass is 9.97. The number of amides is 1. The maximum atomic E-state index is 13.7. The van der Waals surface area contributed by atoms with Gasteiger partial charge in [0, 0.05) is 6.54 Å². The maximum absolute atomic E-state index is 13.7. The van der Waals surface area contributed by atoms with Gasteiger partial charge < -0.3 is 14.1 Å². The van der Waals surface area contributed by atoms with Crippen molar-refractivity contribution < 1.29 is 13.9 Å². The molecule has 0 fully saturated rings. The molecule has 2 aromatic carbocycles. The number of aryl methyl sites for hydroxylation is 2. The number of ether oxygens (including phenoxy) is 1. The lowest BCUT2D eigenvalue weighted by molar-refractivity contribution is 0.0725. The summed E-state index contributed by atoms with van der Waals surface area (Å²) in [6.45, 7) is 9.35. The third kappa shape index (κ3) is 3.92. The molecule has 0 saturated carbocycles. The normalized spacial score (nSPS) is 15.4. The minimum absolute atomic E-state index is 0.117. The Bertz CT molecular complexity index is 1190. The Labute approximate surface area is 189 Å². The van der Waals surface area contributed by atoms with Crippen LogP contribution in [0.3, 0.4) is 0 Å². The predicted octanol–water partition coefficient (Wildman–Crippen LogP) is 5.93. The van der Waals surface area contributed by atoms with E-state index in [1.54, 1.807) is 4.90 Å². The molecule has 1 amide bonds. The van der Waals surface area contributed by atoms with Crippen molar-refractivity contribution >= 4 is 16.9 Å². The first-order chi connectivity index (χ1) is 15.5. The molecule has 1 aliphatic rings. The number of fused-ring (bicyclic) bond motifs is 2. The molecule has 1 aliphatic heterocycles. The van der Waals surface area contributed by atoms with Gasteiger partial charge in [0.15, 0.2) is 5.43 Å². The van der Waals surface area contributed by atoms with Crippen LogP contribution in [0.5, 0.6) is 5.75 Å². The van der Waals surface area contributed by atoms with E-state index in [-0.39, 0.29) is 17.1 Å². The molecule has 0 radical (unpaired) electrons. The molecule has 1 aromatic heterocycles. The maximum Gasteiger partial charge on any atom is 0.290 e. The Morgan fingerprint density at radius 1 is 1.00 bits per heavy atom. The third-order valence-corrected chi connectivity index (χ3v) is 6.11. The first-order valence-corrected chi connectivity index (χ1v) is 11.6. The van der Waals surface area contributed by atoms with Gasteiger partial charge in [0.2, 0.25) is 5.76 Å². The number of rotatable bonds is 8. The summed E-state index contributed by atoms with van der Waals surface area (Å²) in [5, 5.41) is 0.538. The van der Waals surface area contributed by atoms with Crippen molar-refractivity contribution in [3.63, 3.8) is 0 Å². The largest absolute Gasteiger partial charge is 0.494 e. The van der Waals surface area contributed by atoms with Gasteiger partial charge in [-0.3, -0.25) is 9.59 Å². The fourth-order valence-corrected chi connectivity index (χ4v) is 4.46. The second kappa shape index (κ2) is 9.19. The van der Waals surface area contributed by atoms with Gasteiger partial charge in [-0.15, -0.1) is 0 Å². The van der Waals surface area contributed by atoms with Gasteiger partial charge in [-0.05, 0) is 61.6 Å². The smallest absolute Gasteiger partial charge is 0.290 e. The van der Waals surface area contributed by atoms with Crippen LogP contribution in [-0.2, 0) is 0 Å². The van der Waals surface area contributed by atoms with Crippen LogP contribution in [0.2, 0.25) is 0 Å². The van der Waals surface area contributed by atoms with Crippen molar-refractivity contribution in [2.24, 2.45) is 0 Å². The highest BCUT2D eigenvalue weighted by atomic mass is 16.5. The van der Waals surface area contributed by atoms with Crippen LogP contribution in [0.15, 0.2) is 45.6 Å². The highest BCUT2D eigenvalue weighted by Gasteiger charge is 2.42. The highest BCUT2D eigenvalue weighted by molar-refractivity contribution is 5.99. The van der Waals surface area contributed by atoms with E-state index in [2.05, 4.69) is 13.8 Å². The lowest BCUT2D eigenvalue weighted by Gasteiger charge is -2.25. The molecule has 2 heterocycles. The van der Waals surface area contributed by atoms with Gasteiger partial charge in [0.1, 0.15) is 11.3 Å². The van der Waals surface area contributed by atoms with E-state index in [0.29, 0.717) is 29.7 Å². The number of hydrogen-bond acceptors (Lipinski definition) is 4. The van der Waals surface area contributed by atoms with Crippen LogP contribution in [0.1, 0.15) is 78.4 Å². The van der Waals surface area contributed by atoms with Gasteiger partial charge in [0.25, 0.3) is 5.91 Å². The summed E-state index contributed by atoms with van der Waals surface area (Å²) >= 11 is 0. The van der Waals surface area contributed by atoms with Crippen LogP contribution < -0.4 is 10.2 Å². The molecule has 168 valence electrons. The van der Waals surface area contributed by atoms with E-state index in [4.69, 9.17) is 9.15 Å². The van der Waals surface area contributed by atoms with Crippen LogP contribution in [0.25, 0.3) is 11.0 Å². The van der Waals surface area contributed by atoms with Crippen molar-refractivity contribution in [3.8, 4) is 5.75 Å². The highest BCUT2D eigenvalue weighted by Crippen LogP contribution is 2.39. The third-order valence-electron chi connectivity index (χ3n) is 6.11. The number of nitrogens with zero attached hydrogens (tertiary/aromatic N) is 1. The van der Waals surface area contributed by atoms with Crippen LogP contribution in [0.4, 0.5) is 0 Å². The van der Waals surface area contributed by atoms with Crippen LogP contribution >= 0.6 is 0 Å². The summed E-state index contributed by atoms with van der Waals surface area (Å²) in [5.74, 6) is 0.767. The fourth-order valence-electron chi connectivity index (χ4n) is 4.46. The molecule has 3 aromatic rings. The van der Waals surface area contributed by atoms with Gasteiger partial charge in [-0.2, -0.15) is 0 Å². The van der Waals surface area contributed by atoms with Crippen molar-refractivity contribution in [3.05, 3.63) is 74.6 Å². The summed E-state index contributed by atoms with van der Waals surface area (Å²) in [5.41, 5.74) is 3.59. The van der Waals surface area contributed by atoms with Crippen LogP contribution in [0, 0.1) is 13.8 Å². The van der Waals surface area contributed by atoms with Gasteiger partial charge in [-0.25, -0.2) is 0 Å². The lowest BCUT2D eigenvalue weighted by Crippen LogP contribution is -2.30. The van der Waals surface area contributed by atoms with Crippen molar-refractivity contribution in [2.75, 3.05) is 13.2 Å². The molecule has 0 bridgehead atoms. The fraction of sp³-hybridized carbons (Fsp3) is 0.407. The molecule has 0 N–H and O–H groups in total. The second-order valence-corrected chi connectivity index (χ2v) is 8.66. The Balaban J connectivity index is 1.83.